The zero-order chi connectivity index (χ0) is 16.2. The molecule has 0 unspecified atom stereocenters. The standard InChI is InChI=1S/C16H21N3OS2/c1-5-10-21-12-9-7-6-8-11(12)13(20)17-15-19-18-14(22-15)16(2,3)4/h6-9H,5,10H2,1-4H3,(H,17,19,20). The molecule has 0 aliphatic carbocycles. The zero-order valence-electron chi connectivity index (χ0n) is 13.3. The zero-order valence-corrected chi connectivity index (χ0v) is 15.0. The Kier molecular flexibility index (Phi) is 5.58. The number of thioether (sulfide) groups is 1. The first-order chi connectivity index (χ1) is 10.4. The maximum atomic E-state index is 12.5. The third-order valence-corrected chi connectivity index (χ3v) is 5.42. The van der Waals surface area contributed by atoms with Crippen molar-refractivity contribution in [2.45, 2.75) is 44.4 Å². The van der Waals surface area contributed by atoms with Gasteiger partial charge in [-0.25, -0.2) is 0 Å². The van der Waals surface area contributed by atoms with Crippen molar-refractivity contribution >= 4 is 34.1 Å². The van der Waals surface area contributed by atoms with Crippen molar-refractivity contribution in [2.75, 3.05) is 11.1 Å². The van der Waals surface area contributed by atoms with E-state index in [9.17, 15) is 4.79 Å². The molecule has 22 heavy (non-hydrogen) atoms. The molecule has 0 atom stereocenters. The van der Waals surface area contributed by atoms with Gasteiger partial charge in [-0.05, 0) is 24.3 Å². The van der Waals surface area contributed by atoms with E-state index in [1.165, 1.54) is 11.3 Å². The number of hydrogen-bond acceptors (Lipinski definition) is 5. The molecule has 0 saturated carbocycles. The molecular weight excluding hydrogens is 314 g/mol. The van der Waals surface area contributed by atoms with Crippen LogP contribution < -0.4 is 5.32 Å². The van der Waals surface area contributed by atoms with Crippen LogP contribution in [0, 0.1) is 0 Å². The fraction of sp³-hybridized carbons (Fsp3) is 0.438. The largest absolute Gasteiger partial charge is 0.296 e. The molecule has 0 spiro atoms. The van der Waals surface area contributed by atoms with Gasteiger partial charge >= 0.3 is 0 Å². The summed E-state index contributed by atoms with van der Waals surface area (Å²) in [6.45, 7) is 8.37. The first-order valence-corrected chi connectivity index (χ1v) is 9.09. The van der Waals surface area contributed by atoms with E-state index in [1.807, 2.05) is 24.3 Å². The highest BCUT2D eigenvalue weighted by atomic mass is 32.2. The quantitative estimate of drug-likeness (QED) is 0.812. The first-order valence-electron chi connectivity index (χ1n) is 7.29. The molecule has 1 N–H and O–H groups in total. The van der Waals surface area contributed by atoms with Crippen LogP contribution in [0.25, 0.3) is 0 Å². The number of nitrogens with zero attached hydrogens (tertiary/aromatic N) is 2. The molecule has 0 fully saturated rings. The van der Waals surface area contributed by atoms with E-state index in [4.69, 9.17) is 0 Å². The molecule has 1 aromatic carbocycles. The van der Waals surface area contributed by atoms with Crippen LogP contribution in [0.4, 0.5) is 5.13 Å². The Hall–Kier alpha value is -1.40. The minimum atomic E-state index is -0.129. The minimum Gasteiger partial charge on any atom is -0.296 e. The highest BCUT2D eigenvalue weighted by Crippen LogP contribution is 2.29. The number of carbonyl (C=O) groups is 1. The molecule has 0 aliphatic rings. The number of amides is 1. The second-order valence-electron chi connectivity index (χ2n) is 5.96. The lowest BCUT2D eigenvalue weighted by molar-refractivity contribution is 0.102. The van der Waals surface area contributed by atoms with Gasteiger partial charge in [0.25, 0.3) is 5.91 Å². The van der Waals surface area contributed by atoms with Gasteiger partial charge in [-0.1, -0.05) is 51.2 Å². The molecule has 0 saturated heterocycles. The number of benzene rings is 1. The molecule has 6 heteroatoms. The maximum absolute atomic E-state index is 12.5. The molecule has 1 aromatic heterocycles. The molecule has 1 heterocycles. The Balaban J connectivity index is 2.14. The van der Waals surface area contributed by atoms with Gasteiger partial charge in [0.2, 0.25) is 5.13 Å². The Morgan fingerprint density at radius 2 is 2.00 bits per heavy atom. The van der Waals surface area contributed by atoms with Crippen molar-refractivity contribution < 1.29 is 4.79 Å². The lowest BCUT2D eigenvalue weighted by atomic mass is 9.98. The number of carbonyl (C=O) groups excluding carboxylic acids is 1. The van der Waals surface area contributed by atoms with Crippen molar-refractivity contribution in [3.8, 4) is 0 Å². The Morgan fingerprint density at radius 1 is 1.27 bits per heavy atom. The average Bonchev–Trinajstić information content (AvgIpc) is 2.94. The van der Waals surface area contributed by atoms with E-state index < -0.39 is 0 Å². The average molecular weight is 335 g/mol. The van der Waals surface area contributed by atoms with Gasteiger partial charge in [0.05, 0.1) is 5.56 Å². The highest BCUT2D eigenvalue weighted by molar-refractivity contribution is 7.99. The molecule has 4 nitrogen and oxygen atoms in total. The van der Waals surface area contributed by atoms with Gasteiger partial charge in [-0.15, -0.1) is 22.0 Å². The predicted octanol–water partition coefficient (Wildman–Crippen LogP) is 4.59. The summed E-state index contributed by atoms with van der Waals surface area (Å²) in [4.78, 5) is 13.5. The van der Waals surface area contributed by atoms with Gasteiger partial charge in [-0.3, -0.25) is 10.1 Å². The van der Waals surface area contributed by atoms with Gasteiger partial charge in [-0.2, -0.15) is 0 Å². The lowest BCUT2D eigenvalue weighted by Crippen LogP contribution is -2.12. The van der Waals surface area contributed by atoms with E-state index in [1.54, 1.807) is 11.8 Å². The van der Waals surface area contributed by atoms with Crippen LogP contribution in [0.5, 0.6) is 0 Å². The summed E-state index contributed by atoms with van der Waals surface area (Å²) in [5, 5.41) is 12.5. The van der Waals surface area contributed by atoms with Crippen molar-refractivity contribution in [2.24, 2.45) is 0 Å². The molecule has 2 aromatic rings. The third kappa shape index (κ3) is 4.30. The van der Waals surface area contributed by atoms with Gasteiger partial charge in [0.15, 0.2) is 0 Å². The smallest absolute Gasteiger partial charge is 0.258 e. The van der Waals surface area contributed by atoms with Crippen LogP contribution in [0.15, 0.2) is 29.2 Å². The van der Waals surface area contributed by atoms with Gasteiger partial charge in [0.1, 0.15) is 5.01 Å². The molecular formula is C16H21N3OS2. The second-order valence-corrected chi connectivity index (χ2v) is 8.08. The Labute approximate surface area is 139 Å². The summed E-state index contributed by atoms with van der Waals surface area (Å²) >= 11 is 3.13. The minimum absolute atomic E-state index is 0.0600. The number of anilines is 1. The van der Waals surface area contributed by atoms with E-state index in [0.717, 1.165) is 22.1 Å². The fourth-order valence-corrected chi connectivity index (χ4v) is 3.44. The lowest BCUT2D eigenvalue weighted by Gasteiger charge is -2.12. The summed E-state index contributed by atoms with van der Waals surface area (Å²) in [6.07, 6.45) is 1.08. The molecule has 118 valence electrons. The molecule has 0 aliphatic heterocycles. The number of hydrogen-bond donors (Lipinski definition) is 1. The van der Waals surface area contributed by atoms with Crippen LogP contribution in [0.2, 0.25) is 0 Å². The van der Waals surface area contributed by atoms with Crippen LogP contribution in [0.3, 0.4) is 0 Å². The van der Waals surface area contributed by atoms with Crippen LogP contribution in [0.1, 0.15) is 49.5 Å². The Morgan fingerprint density at radius 3 is 2.64 bits per heavy atom. The normalized spacial score (nSPS) is 11.5. The van der Waals surface area contributed by atoms with E-state index in [2.05, 4.69) is 43.2 Å². The molecule has 0 radical (unpaired) electrons. The van der Waals surface area contributed by atoms with Gasteiger partial charge in [0, 0.05) is 10.3 Å². The summed E-state index contributed by atoms with van der Waals surface area (Å²) in [6, 6.07) is 7.66. The molecule has 0 bridgehead atoms. The van der Waals surface area contributed by atoms with E-state index in [-0.39, 0.29) is 11.3 Å². The first kappa shape index (κ1) is 17.0. The third-order valence-electron chi connectivity index (χ3n) is 2.88. The number of rotatable bonds is 5. The van der Waals surface area contributed by atoms with Crippen LogP contribution in [-0.4, -0.2) is 21.9 Å². The summed E-state index contributed by atoms with van der Waals surface area (Å²) in [5.41, 5.74) is 0.628. The van der Waals surface area contributed by atoms with Crippen molar-refractivity contribution in [1.29, 1.82) is 0 Å². The fourth-order valence-electron chi connectivity index (χ4n) is 1.73. The second kappa shape index (κ2) is 7.24. The monoisotopic (exact) mass is 335 g/mol. The van der Waals surface area contributed by atoms with Crippen LogP contribution in [-0.2, 0) is 5.41 Å². The van der Waals surface area contributed by atoms with Gasteiger partial charge < -0.3 is 0 Å². The summed E-state index contributed by atoms with van der Waals surface area (Å²) in [7, 11) is 0. The Bertz CT molecular complexity index is 647. The molecule has 2 rings (SSSR count). The maximum Gasteiger partial charge on any atom is 0.258 e. The predicted molar refractivity (Wildman–Crippen MR) is 94.0 cm³/mol. The number of nitrogens with one attached hydrogen (secondary N) is 1. The van der Waals surface area contributed by atoms with E-state index >= 15 is 0 Å². The summed E-state index contributed by atoms with van der Waals surface area (Å²) in [5.74, 6) is 0.868. The molecule has 1 amide bonds. The SMILES string of the molecule is CCCSc1ccccc1C(=O)Nc1nnc(C(C)(C)C)s1. The highest BCUT2D eigenvalue weighted by Gasteiger charge is 2.20. The van der Waals surface area contributed by atoms with Crippen LogP contribution >= 0.6 is 23.1 Å². The van der Waals surface area contributed by atoms with Crippen molar-refractivity contribution in [1.82, 2.24) is 10.2 Å². The van der Waals surface area contributed by atoms with Crippen molar-refractivity contribution in [3.05, 3.63) is 34.8 Å². The topological polar surface area (TPSA) is 54.9 Å². The van der Waals surface area contributed by atoms with Crippen molar-refractivity contribution in [3.63, 3.8) is 0 Å². The number of aromatic nitrogens is 2. The summed E-state index contributed by atoms with van der Waals surface area (Å²) < 4.78 is 0. The van der Waals surface area contributed by atoms with E-state index in [0.29, 0.717) is 10.7 Å².